The summed E-state index contributed by atoms with van der Waals surface area (Å²) in [6.45, 7) is 3.62. The highest BCUT2D eigenvalue weighted by atomic mass is 19.1. The van der Waals surface area contributed by atoms with E-state index in [9.17, 15) is 9.50 Å². The minimum atomic E-state index is -0.249. The quantitative estimate of drug-likeness (QED) is 0.885. The van der Waals surface area contributed by atoms with Crippen LogP contribution in [0.1, 0.15) is 24.1 Å². The summed E-state index contributed by atoms with van der Waals surface area (Å²) in [6.07, 6.45) is 0. The normalized spacial score (nSPS) is 12.0. The molecule has 3 nitrogen and oxygen atoms in total. The second-order valence-corrected chi connectivity index (χ2v) is 4.75. The maximum atomic E-state index is 13.5. The van der Waals surface area contributed by atoms with E-state index in [0.29, 0.717) is 17.0 Å². The summed E-state index contributed by atoms with van der Waals surface area (Å²) in [5.41, 5.74) is 2.01. The molecule has 0 spiro atoms. The summed E-state index contributed by atoms with van der Waals surface area (Å²) in [5.74, 6) is 0.498. The molecule has 1 atom stereocenters. The number of methoxy groups -OCH3 is 1. The molecule has 106 valence electrons. The predicted molar refractivity (Wildman–Crippen MR) is 77.8 cm³/mol. The number of hydrogen-bond donors (Lipinski definition) is 2. The Morgan fingerprint density at radius 2 is 1.95 bits per heavy atom. The second-order valence-electron chi connectivity index (χ2n) is 4.75. The predicted octanol–water partition coefficient (Wildman–Crippen LogP) is 4.02. The SMILES string of the molecule is COc1ccc(C(C)Nc2ccc(C)c(F)c2)c(O)c1. The van der Waals surface area contributed by atoms with Gasteiger partial charge in [0.15, 0.2) is 0 Å². The molecule has 4 heteroatoms. The third-order valence-corrected chi connectivity index (χ3v) is 3.26. The van der Waals surface area contributed by atoms with Gasteiger partial charge in [0, 0.05) is 17.3 Å². The van der Waals surface area contributed by atoms with Crippen LogP contribution in [0.5, 0.6) is 11.5 Å². The highest BCUT2D eigenvalue weighted by molar-refractivity contribution is 5.50. The first kappa shape index (κ1) is 14.2. The average molecular weight is 275 g/mol. The molecule has 20 heavy (non-hydrogen) atoms. The van der Waals surface area contributed by atoms with E-state index in [0.717, 1.165) is 5.56 Å². The van der Waals surface area contributed by atoms with Gasteiger partial charge in [-0.2, -0.15) is 0 Å². The van der Waals surface area contributed by atoms with Crippen molar-refractivity contribution < 1.29 is 14.2 Å². The summed E-state index contributed by atoms with van der Waals surface area (Å²) in [6, 6.07) is 9.96. The maximum Gasteiger partial charge on any atom is 0.128 e. The van der Waals surface area contributed by atoms with Gasteiger partial charge in [-0.05, 0) is 43.7 Å². The fraction of sp³-hybridized carbons (Fsp3) is 0.250. The van der Waals surface area contributed by atoms with Crippen molar-refractivity contribution in [3.05, 3.63) is 53.3 Å². The van der Waals surface area contributed by atoms with Crippen LogP contribution in [0.4, 0.5) is 10.1 Å². The molecule has 0 amide bonds. The van der Waals surface area contributed by atoms with E-state index < -0.39 is 0 Å². The van der Waals surface area contributed by atoms with Gasteiger partial charge in [-0.15, -0.1) is 0 Å². The zero-order valence-electron chi connectivity index (χ0n) is 11.8. The first-order valence-corrected chi connectivity index (χ1v) is 6.41. The Morgan fingerprint density at radius 1 is 1.20 bits per heavy atom. The Bertz CT molecular complexity index is 613. The number of phenols is 1. The first-order valence-electron chi connectivity index (χ1n) is 6.41. The van der Waals surface area contributed by atoms with Gasteiger partial charge in [0.2, 0.25) is 0 Å². The number of benzene rings is 2. The summed E-state index contributed by atoms with van der Waals surface area (Å²) < 4.78 is 18.6. The van der Waals surface area contributed by atoms with Crippen LogP contribution in [0.15, 0.2) is 36.4 Å². The number of aryl methyl sites for hydroxylation is 1. The molecule has 0 heterocycles. The molecule has 2 aromatic rings. The zero-order chi connectivity index (χ0) is 14.7. The summed E-state index contributed by atoms with van der Waals surface area (Å²) >= 11 is 0. The number of aromatic hydroxyl groups is 1. The molecule has 0 aliphatic rings. The van der Waals surface area contributed by atoms with Crippen molar-refractivity contribution in [2.24, 2.45) is 0 Å². The van der Waals surface area contributed by atoms with Gasteiger partial charge in [0.05, 0.1) is 13.2 Å². The Morgan fingerprint density at radius 3 is 2.55 bits per heavy atom. The van der Waals surface area contributed by atoms with Gasteiger partial charge in [-0.3, -0.25) is 0 Å². The van der Waals surface area contributed by atoms with E-state index in [1.165, 1.54) is 6.07 Å². The lowest BCUT2D eigenvalue weighted by atomic mass is 10.1. The molecule has 2 rings (SSSR count). The number of nitrogens with one attached hydrogen (secondary N) is 1. The molecular formula is C16H18FNO2. The lowest BCUT2D eigenvalue weighted by Crippen LogP contribution is -2.07. The van der Waals surface area contributed by atoms with Gasteiger partial charge in [-0.1, -0.05) is 6.07 Å². The molecule has 0 radical (unpaired) electrons. The molecule has 0 aliphatic carbocycles. The van der Waals surface area contributed by atoms with E-state index in [-0.39, 0.29) is 17.6 Å². The van der Waals surface area contributed by atoms with Crippen LogP contribution in [0.25, 0.3) is 0 Å². The maximum absolute atomic E-state index is 13.5. The van der Waals surface area contributed by atoms with Crippen molar-refractivity contribution in [2.75, 3.05) is 12.4 Å². The molecule has 2 N–H and O–H groups in total. The van der Waals surface area contributed by atoms with Crippen LogP contribution < -0.4 is 10.1 Å². The van der Waals surface area contributed by atoms with Gasteiger partial charge in [0.25, 0.3) is 0 Å². The van der Waals surface area contributed by atoms with Crippen LogP contribution in [0.2, 0.25) is 0 Å². The molecule has 0 saturated heterocycles. The van der Waals surface area contributed by atoms with Crippen molar-refractivity contribution >= 4 is 5.69 Å². The van der Waals surface area contributed by atoms with E-state index in [4.69, 9.17) is 4.74 Å². The minimum absolute atomic E-state index is 0.150. The Balaban J connectivity index is 2.19. The summed E-state index contributed by atoms with van der Waals surface area (Å²) in [5, 5.41) is 13.1. The number of ether oxygens (including phenoxy) is 1. The van der Waals surface area contributed by atoms with Crippen molar-refractivity contribution in [3.63, 3.8) is 0 Å². The third-order valence-electron chi connectivity index (χ3n) is 3.26. The number of phenolic OH excluding ortho intramolecular Hbond substituents is 1. The van der Waals surface area contributed by atoms with Crippen LogP contribution in [0, 0.1) is 12.7 Å². The van der Waals surface area contributed by atoms with Crippen LogP contribution >= 0.6 is 0 Å². The van der Waals surface area contributed by atoms with E-state index in [1.54, 1.807) is 38.3 Å². The van der Waals surface area contributed by atoms with Crippen LogP contribution in [-0.2, 0) is 0 Å². The molecule has 0 bridgehead atoms. The molecular weight excluding hydrogens is 257 g/mol. The lowest BCUT2D eigenvalue weighted by Gasteiger charge is -2.17. The number of halogens is 1. The monoisotopic (exact) mass is 275 g/mol. The first-order chi connectivity index (χ1) is 9.51. The Labute approximate surface area is 118 Å². The van der Waals surface area contributed by atoms with E-state index >= 15 is 0 Å². The Kier molecular flexibility index (Phi) is 4.13. The molecule has 0 fully saturated rings. The summed E-state index contributed by atoms with van der Waals surface area (Å²) in [4.78, 5) is 0. The van der Waals surface area contributed by atoms with E-state index in [1.807, 2.05) is 13.0 Å². The smallest absolute Gasteiger partial charge is 0.128 e. The fourth-order valence-corrected chi connectivity index (χ4v) is 2.03. The Hall–Kier alpha value is -2.23. The van der Waals surface area contributed by atoms with E-state index in [2.05, 4.69) is 5.32 Å². The van der Waals surface area contributed by atoms with Gasteiger partial charge < -0.3 is 15.2 Å². The molecule has 1 unspecified atom stereocenters. The molecule has 0 aliphatic heterocycles. The fourth-order valence-electron chi connectivity index (χ4n) is 2.03. The molecule has 0 aromatic heterocycles. The van der Waals surface area contributed by atoms with Crippen molar-refractivity contribution in [3.8, 4) is 11.5 Å². The number of anilines is 1. The molecule has 2 aromatic carbocycles. The molecule has 0 saturated carbocycles. The van der Waals surface area contributed by atoms with Gasteiger partial charge in [0.1, 0.15) is 17.3 Å². The topological polar surface area (TPSA) is 41.5 Å². The summed E-state index contributed by atoms with van der Waals surface area (Å²) in [7, 11) is 1.55. The highest BCUT2D eigenvalue weighted by Gasteiger charge is 2.11. The van der Waals surface area contributed by atoms with Crippen LogP contribution in [0.3, 0.4) is 0 Å². The van der Waals surface area contributed by atoms with Crippen molar-refractivity contribution in [2.45, 2.75) is 19.9 Å². The van der Waals surface area contributed by atoms with Crippen molar-refractivity contribution in [1.29, 1.82) is 0 Å². The van der Waals surface area contributed by atoms with Gasteiger partial charge >= 0.3 is 0 Å². The van der Waals surface area contributed by atoms with Crippen molar-refractivity contribution in [1.82, 2.24) is 0 Å². The largest absolute Gasteiger partial charge is 0.507 e. The number of rotatable bonds is 4. The zero-order valence-corrected chi connectivity index (χ0v) is 11.8. The lowest BCUT2D eigenvalue weighted by molar-refractivity contribution is 0.406. The third kappa shape index (κ3) is 3.02. The standard InChI is InChI=1S/C16H18FNO2/c1-10-4-5-12(8-15(10)17)18-11(2)14-7-6-13(20-3)9-16(14)19/h4-9,11,18-19H,1-3H3. The number of hydrogen-bond acceptors (Lipinski definition) is 3. The minimum Gasteiger partial charge on any atom is -0.507 e. The van der Waals surface area contributed by atoms with Gasteiger partial charge in [-0.25, -0.2) is 4.39 Å². The highest BCUT2D eigenvalue weighted by Crippen LogP contribution is 2.30. The average Bonchev–Trinajstić information content (AvgIpc) is 2.42. The van der Waals surface area contributed by atoms with Crippen LogP contribution in [-0.4, -0.2) is 12.2 Å². The second kappa shape index (κ2) is 5.82.